The Balaban J connectivity index is 0.000000147. The number of benzene rings is 4. The van der Waals surface area contributed by atoms with Crippen molar-refractivity contribution in [2.24, 2.45) is 0 Å². The fourth-order valence-corrected chi connectivity index (χ4v) is 6.98. The predicted molar refractivity (Wildman–Crippen MR) is 183 cm³/mol. The smallest absolute Gasteiger partial charge is 0.170 e. The molecule has 232 valence electrons. The number of phenols is 1. The lowest BCUT2D eigenvalue weighted by atomic mass is 9.83. The number of phenolic OH excluding ortho intramolecular Hbond substituents is 1. The molecular weight excluding hydrogens is 696 g/mol. The first kappa shape index (κ1) is 32.8. The SMILES string of the molecule is CC(=O)c1cc(Br)ccc1O.O=C1CC2(CCCc3ccccc3C2)Oc2ccc(Br)cc21.O=C1CCCc2ccccc2C1. The van der Waals surface area contributed by atoms with Crippen molar-refractivity contribution in [3.8, 4) is 11.5 Å². The molecule has 7 rings (SSSR count). The Morgan fingerprint density at radius 3 is 2.09 bits per heavy atom. The summed E-state index contributed by atoms with van der Waals surface area (Å²) in [6.45, 7) is 1.42. The van der Waals surface area contributed by atoms with E-state index < -0.39 is 0 Å². The monoisotopic (exact) mass is 730 g/mol. The fourth-order valence-electron chi connectivity index (χ4n) is 6.26. The molecular formula is C38H36Br2O5. The molecule has 1 N–H and O–H groups in total. The summed E-state index contributed by atoms with van der Waals surface area (Å²) in [7, 11) is 0. The van der Waals surface area contributed by atoms with Gasteiger partial charge in [0, 0.05) is 28.2 Å². The van der Waals surface area contributed by atoms with Crippen molar-refractivity contribution in [2.45, 2.75) is 70.3 Å². The summed E-state index contributed by atoms with van der Waals surface area (Å²) in [4.78, 5) is 34.7. The van der Waals surface area contributed by atoms with Crippen molar-refractivity contribution in [1.82, 2.24) is 0 Å². The van der Waals surface area contributed by atoms with Gasteiger partial charge in [-0.3, -0.25) is 14.4 Å². The quantitative estimate of drug-likeness (QED) is 0.156. The van der Waals surface area contributed by atoms with Crippen LogP contribution in [0.3, 0.4) is 0 Å². The van der Waals surface area contributed by atoms with Gasteiger partial charge in [-0.05, 0) is 97.7 Å². The molecule has 4 aromatic rings. The van der Waals surface area contributed by atoms with Gasteiger partial charge in [-0.2, -0.15) is 0 Å². The maximum Gasteiger partial charge on any atom is 0.170 e. The third-order valence-electron chi connectivity index (χ3n) is 8.51. The first-order valence-corrected chi connectivity index (χ1v) is 16.9. The van der Waals surface area contributed by atoms with E-state index in [1.165, 1.54) is 35.2 Å². The van der Waals surface area contributed by atoms with Crippen LogP contribution in [-0.4, -0.2) is 28.1 Å². The Kier molecular flexibility index (Phi) is 10.7. The van der Waals surface area contributed by atoms with Gasteiger partial charge in [0.05, 0.1) is 17.5 Å². The van der Waals surface area contributed by atoms with E-state index in [-0.39, 0.29) is 22.9 Å². The highest BCUT2D eigenvalue weighted by Crippen LogP contribution is 2.41. The van der Waals surface area contributed by atoms with E-state index in [0.29, 0.717) is 29.8 Å². The molecule has 7 heteroatoms. The Morgan fingerprint density at radius 2 is 1.38 bits per heavy atom. The molecule has 0 saturated carbocycles. The van der Waals surface area contributed by atoms with Crippen LogP contribution in [0, 0.1) is 0 Å². The van der Waals surface area contributed by atoms with Crippen LogP contribution < -0.4 is 4.74 Å². The third-order valence-corrected chi connectivity index (χ3v) is 9.49. The van der Waals surface area contributed by atoms with Crippen LogP contribution in [0.15, 0.2) is 93.9 Å². The average Bonchev–Trinajstić information content (AvgIpc) is 3.31. The normalized spacial score (nSPS) is 18.3. The number of aromatic hydroxyl groups is 1. The van der Waals surface area contributed by atoms with Gasteiger partial charge < -0.3 is 9.84 Å². The summed E-state index contributed by atoms with van der Waals surface area (Å²) >= 11 is 6.63. The molecule has 4 aromatic carbocycles. The van der Waals surface area contributed by atoms with Gasteiger partial charge in [0.1, 0.15) is 22.9 Å². The molecule has 0 saturated heterocycles. The van der Waals surface area contributed by atoms with Crippen molar-refractivity contribution in [2.75, 3.05) is 0 Å². The van der Waals surface area contributed by atoms with E-state index in [1.807, 2.05) is 24.3 Å². The van der Waals surface area contributed by atoms with Gasteiger partial charge in [-0.1, -0.05) is 80.4 Å². The molecule has 0 fully saturated rings. The fraction of sp³-hybridized carbons (Fsp3) is 0.289. The maximum absolute atomic E-state index is 12.6. The number of hydrogen-bond acceptors (Lipinski definition) is 5. The van der Waals surface area contributed by atoms with Crippen molar-refractivity contribution in [3.63, 3.8) is 0 Å². The largest absolute Gasteiger partial charge is 0.507 e. The van der Waals surface area contributed by atoms with Crippen molar-refractivity contribution < 1.29 is 24.2 Å². The minimum absolute atomic E-state index is 0.0284. The van der Waals surface area contributed by atoms with Crippen molar-refractivity contribution >= 4 is 49.2 Å². The maximum atomic E-state index is 12.6. The van der Waals surface area contributed by atoms with Crippen LogP contribution >= 0.6 is 31.9 Å². The summed E-state index contributed by atoms with van der Waals surface area (Å²) < 4.78 is 8.09. The van der Waals surface area contributed by atoms with E-state index in [2.05, 4.69) is 74.3 Å². The lowest BCUT2D eigenvalue weighted by Gasteiger charge is -2.37. The van der Waals surface area contributed by atoms with Gasteiger partial charge in [-0.15, -0.1) is 0 Å². The highest BCUT2D eigenvalue weighted by atomic mass is 79.9. The second-order valence-corrected chi connectivity index (χ2v) is 13.7. The molecule has 1 atom stereocenters. The minimum Gasteiger partial charge on any atom is -0.507 e. The Labute approximate surface area is 281 Å². The molecule has 2 aliphatic carbocycles. The zero-order valence-electron chi connectivity index (χ0n) is 25.3. The third kappa shape index (κ3) is 8.39. The zero-order valence-corrected chi connectivity index (χ0v) is 28.5. The molecule has 1 heterocycles. The molecule has 1 spiro atoms. The van der Waals surface area contributed by atoms with Gasteiger partial charge in [-0.25, -0.2) is 0 Å². The molecule has 5 nitrogen and oxygen atoms in total. The zero-order chi connectivity index (χ0) is 32.0. The first-order valence-electron chi connectivity index (χ1n) is 15.3. The van der Waals surface area contributed by atoms with Crippen molar-refractivity contribution in [3.05, 3.63) is 127 Å². The molecule has 0 bridgehead atoms. The predicted octanol–water partition coefficient (Wildman–Crippen LogP) is 9.22. The lowest BCUT2D eigenvalue weighted by molar-refractivity contribution is -0.118. The van der Waals surface area contributed by atoms with Crippen molar-refractivity contribution in [1.29, 1.82) is 0 Å². The summed E-state index contributed by atoms with van der Waals surface area (Å²) in [5.41, 5.74) is 6.01. The number of Topliss-reactive ketones (excluding diaryl/α,β-unsaturated/α-hetero) is 3. The Hall–Kier alpha value is -3.55. The van der Waals surface area contributed by atoms with E-state index in [1.54, 1.807) is 12.1 Å². The summed E-state index contributed by atoms with van der Waals surface area (Å²) in [6, 6.07) is 27.3. The van der Waals surface area contributed by atoms with Crippen LogP contribution in [0.5, 0.6) is 11.5 Å². The number of ketones is 3. The number of halogens is 2. The molecule has 0 aromatic heterocycles. The lowest BCUT2D eigenvalue weighted by Crippen LogP contribution is -2.43. The Bertz CT molecular complexity index is 1730. The summed E-state index contributed by atoms with van der Waals surface area (Å²) in [6.07, 6.45) is 7.87. The summed E-state index contributed by atoms with van der Waals surface area (Å²) in [5.74, 6) is 1.21. The first-order chi connectivity index (χ1) is 21.6. The molecule has 1 unspecified atom stereocenters. The number of carbonyl (C=O) groups excluding carboxylic acids is 3. The van der Waals surface area contributed by atoms with E-state index in [4.69, 9.17) is 9.84 Å². The van der Waals surface area contributed by atoms with Crippen LogP contribution in [0.25, 0.3) is 0 Å². The second kappa shape index (κ2) is 14.7. The Morgan fingerprint density at radius 1 is 0.756 bits per heavy atom. The highest BCUT2D eigenvalue weighted by molar-refractivity contribution is 9.10. The van der Waals surface area contributed by atoms with Crippen LogP contribution in [0.1, 0.15) is 82.0 Å². The van der Waals surface area contributed by atoms with Crippen LogP contribution in [0.4, 0.5) is 0 Å². The number of carbonyl (C=O) groups is 3. The van der Waals surface area contributed by atoms with Gasteiger partial charge in [0.25, 0.3) is 0 Å². The minimum atomic E-state index is -0.371. The van der Waals surface area contributed by atoms with E-state index in [0.717, 1.165) is 59.6 Å². The second-order valence-electron chi connectivity index (χ2n) is 11.9. The summed E-state index contributed by atoms with van der Waals surface area (Å²) in [5, 5.41) is 9.16. The average molecular weight is 733 g/mol. The molecule has 1 aliphatic heterocycles. The molecule has 0 radical (unpaired) electrons. The topological polar surface area (TPSA) is 80.7 Å². The van der Waals surface area contributed by atoms with Crippen LogP contribution in [0.2, 0.25) is 0 Å². The van der Waals surface area contributed by atoms with Crippen LogP contribution in [-0.2, 0) is 30.5 Å². The standard InChI is InChI=1S/C19H17BrO2.C11H12O.C8H7BrO2/c20-15-7-8-18-16(10-15)17(21)12-19(22-18)9-3-6-13-4-1-2-5-14(13)11-19;12-11-7-3-6-9-4-1-2-5-10(9)8-11;1-5(10)7-4-6(9)2-3-8(7)11/h1-2,4-5,7-8,10H,3,6,9,11-12H2;1-2,4-5H,3,6-8H2;2-4,11H,1H3. The highest BCUT2D eigenvalue weighted by Gasteiger charge is 2.41. The van der Waals surface area contributed by atoms with Gasteiger partial charge >= 0.3 is 0 Å². The number of fused-ring (bicyclic) bond motifs is 3. The van der Waals surface area contributed by atoms with E-state index >= 15 is 0 Å². The molecule has 45 heavy (non-hydrogen) atoms. The van der Waals surface area contributed by atoms with Gasteiger partial charge in [0.2, 0.25) is 0 Å². The number of aryl methyl sites for hydroxylation is 2. The molecule has 0 amide bonds. The number of ether oxygens (including phenoxy) is 1. The number of rotatable bonds is 1. The van der Waals surface area contributed by atoms with Gasteiger partial charge in [0.15, 0.2) is 11.6 Å². The van der Waals surface area contributed by atoms with E-state index in [9.17, 15) is 14.4 Å². The number of hydrogen-bond donors (Lipinski definition) is 1. The molecule has 3 aliphatic rings.